The van der Waals surface area contributed by atoms with Gasteiger partial charge in [0.25, 0.3) is 0 Å². The fraction of sp³-hybridized carbons (Fsp3) is 0.364. The van der Waals surface area contributed by atoms with Crippen LogP contribution in [0.3, 0.4) is 0 Å². The molecule has 1 aromatic heterocycles. The Labute approximate surface area is 74.2 Å². The molecular weight excluding hydrogens is 146 g/mol. The van der Waals surface area contributed by atoms with Crippen molar-refractivity contribution in [3.63, 3.8) is 0 Å². The molecule has 0 unspecified atom stereocenters. The minimum absolute atomic E-state index is 1.09. The first-order valence-corrected chi connectivity index (χ1v) is 4.33. The van der Waals surface area contributed by atoms with E-state index in [1.165, 1.54) is 11.1 Å². The van der Waals surface area contributed by atoms with Gasteiger partial charge in [-0.15, -0.1) is 0 Å². The van der Waals surface area contributed by atoms with Gasteiger partial charge in [-0.05, 0) is 38.0 Å². The highest BCUT2D eigenvalue weighted by atomic mass is 14.7. The summed E-state index contributed by atoms with van der Waals surface area (Å²) in [7, 11) is 0. The molecule has 0 saturated heterocycles. The molecule has 0 aliphatic heterocycles. The van der Waals surface area contributed by atoms with Crippen LogP contribution in [0, 0.1) is 0 Å². The maximum absolute atomic E-state index is 4.29. The molecule has 0 amide bonds. The average molecular weight is 161 g/mol. The number of aromatic nitrogens is 1. The standard InChI is InChI=1S/C11H15N/c1-4-9(2)10(3)11-7-5-6-8-12-11/h5-8H,4H2,1-3H3/b10-9+. The highest BCUT2D eigenvalue weighted by Crippen LogP contribution is 2.16. The summed E-state index contributed by atoms with van der Waals surface area (Å²) >= 11 is 0. The summed E-state index contributed by atoms with van der Waals surface area (Å²) in [5.41, 5.74) is 3.81. The van der Waals surface area contributed by atoms with Gasteiger partial charge < -0.3 is 0 Å². The zero-order valence-electron chi connectivity index (χ0n) is 7.96. The Morgan fingerprint density at radius 2 is 2.08 bits per heavy atom. The molecule has 0 spiro atoms. The highest BCUT2D eigenvalue weighted by molar-refractivity contribution is 5.63. The van der Waals surface area contributed by atoms with E-state index in [-0.39, 0.29) is 0 Å². The molecular formula is C11H15N. The van der Waals surface area contributed by atoms with Crippen molar-refractivity contribution in [2.75, 3.05) is 0 Å². The fourth-order valence-electron chi connectivity index (χ4n) is 1.07. The lowest BCUT2D eigenvalue weighted by atomic mass is 10.1. The van der Waals surface area contributed by atoms with Crippen molar-refractivity contribution in [3.8, 4) is 0 Å². The van der Waals surface area contributed by atoms with E-state index in [1.807, 2.05) is 18.3 Å². The van der Waals surface area contributed by atoms with Crippen LogP contribution in [-0.4, -0.2) is 4.98 Å². The first kappa shape index (κ1) is 8.98. The number of hydrogen-bond donors (Lipinski definition) is 0. The molecule has 12 heavy (non-hydrogen) atoms. The molecule has 1 rings (SSSR count). The Balaban J connectivity index is 3.00. The molecule has 0 radical (unpaired) electrons. The average Bonchev–Trinajstić information content (AvgIpc) is 2.17. The van der Waals surface area contributed by atoms with Gasteiger partial charge >= 0.3 is 0 Å². The van der Waals surface area contributed by atoms with Gasteiger partial charge in [0, 0.05) is 6.20 Å². The largest absolute Gasteiger partial charge is 0.257 e. The van der Waals surface area contributed by atoms with Crippen molar-refractivity contribution in [1.29, 1.82) is 0 Å². The molecule has 1 aromatic rings. The maximum atomic E-state index is 4.29. The lowest BCUT2D eigenvalue weighted by molar-refractivity contribution is 1.09. The van der Waals surface area contributed by atoms with Crippen LogP contribution in [-0.2, 0) is 0 Å². The predicted molar refractivity (Wildman–Crippen MR) is 52.8 cm³/mol. The van der Waals surface area contributed by atoms with E-state index in [9.17, 15) is 0 Å². The van der Waals surface area contributed by atoms with E-state index in [1.54, 1.807) is 0 Å². The van der Waals surface area contributed by atoms with Crippen LogP contribution in [0.25, 0.3) is 5.57 Å². The summed E-state index contributed by atoms with van der Waals surface area (Å²) in [6.07, 6.45) is 2.93. The van der Waals surface area contributed by atoms with Crippen molar-refractivity contribution >= 4 is 5.57 Å². The normalized spacial score (nSPS) is 12.6. The molecule has 0 aliphatic carbocycles. The lowest BCUT2D eigenvalue weighted by Crippen LogP contribution is -1.87. The number of nitrogens with zero attached hydrogens (tertiary/aromatic N) is 1. The Morgan fingerprint density at radius 1 is 1.33 bits per heavy atom. The molecule has 1 heterocycles. The second-order valence-electron chi connectivity index (χ2n) is 2.97. The Bertz CT molecular complexity index is 272. The number of rotatable bonds is 2. The minimum atomic E-state index is 1.09. The van der Waals surface area contributed by atoms with Crippen molar-refractivity contribution in [2.24, 2.45) is 0 Å². The number of hydrogen-bond acceptors (Lipinski definition) is 1. The summed E-state index contributed by atoms with van der Waals surface area (Å²) in [5, 5.41) is 0. The smallest absolute Gasteiger partial charge is 0.0658 e. The van der Waals surface area contributed by atoms with E-state index >= 15 is 0 Å². The molecule has 0 aromatic carbocycles. The first-order valence-electron chi connectivity index (χ1n) is 4.33. The topological polar surface area (TPSA) is 12.9 Å². The van der Waals surface area contributed by atoms with Gasteiger partial charge in [0.2, 0.25) is 0 Å². The molecule has 0 fully saturated rings. The van der Waals surface area contributed by atoms with Crippen LogP contribution in [0.4, 0.5) is 0 Å². The minimum Gasteiger partial charge on any atom is -0.257 e. The van der Waals surface area contributed by atoms with Gasteiger partial charge in [-0.2, -0.15) is 0 Å². The highest BCUT2D eigenvalue weighted by Gasteiger charge is 1.98. The Hall–Kier alpha value is -1.11. The van der Waals surface area contributed by atoms with Gasteiger partial charge in [-0.3, -0.25) is 4.98 Å². The third-order valence-electron chi connectivity index (χ3n) is 2.22. The van der Waals surface area contributed by atoms with E-state index in [0.717, 1.165) is 12.1 Å². The van der Waals surface area contributed by atoms with Crippen LogP contribution in [0.5, 0.6) is 0 Å². The van der Waals surface area contributed by atoms with Gasteiger partial charge in [-0.1, -0.05) is 18.6 Å². The summed E-state index contributed by atoms with van der Waals surface area (Å²) in [5.74, 6) is 0. The first-order chi connectivity index (χ1) is 5.75. The molecule has 0 bridgehead atoms. The van der Waals surface area contributed by atoms with Crippen molar-refractivity contribution < 1.29 is 0 Å². The van der Waals surface area contributed by atoms with Crippen LogP contribution in [0.2, 0.25) is 0 Å². The van der Waals surface area contributed by atoms with Crippen molar-refractivity contribution in [1.82, 2.24) is 4.98 Å². The van der Waals surface area contributed by atoms with Gasteiger partial charge in [0.05, 0.1) is 5.69 Å². The Kier molecular flexibility index (Phi) is 3.03. The lowest BCUT2D eigenvalue weighted by Gasteiger charge is -2.03. The van der Waals surface area contributed by atoms with E-state index < -0.39 is 0 Å². The van der Waals surface area contributed by atoms with Gasteiger partial charge in [0.15, 0.2) is 0 Å². The van der Waals surface area contributed by atoms with Crippen LogP contribution in [0.15, 0.2) is 30.0 Å². The third kappa shape index (κ3) is 1.94. The van der Waals surface area contributed by atoms with Crippen LogP contribution >= 0.6 is 0 Å². The maximum Gasteiger partial charge on any atom is 0.0658 e. The second kappa shape index (κ2) is 4.05. The summed E-state index contributed by atoms with van der Waals surface area (Å²) in [6, 6.07) is 6.02. The van der Waals surface area contributed by atoms with Crippen LogP contribution in [0.1, 0.15) is 32.9 Å². The van der Waals surface area contributed by atoms with E-state index in [0.29, 0.717) is 0 Å². The monoisotopic (exact) mass is 161 g/mol. The zero-order valence-corrected chi connectivity index (χ0v) is 7.96. The van der Waals surface area contributed by atoms with Crippen molar-refractivity contribution in [3.05, 3.63) is 35.7 Å². The van der Waals surface area contributed by atoms with E-state index in [2.05, 4.69) is 31.8 Å². The van der Waals surface area contributed by atoms with Gasteiger partial charge in [-0.25, -0.2) is 0 Å². The number of allylic oxidation sites excluding steroid dienone is 2. The van der Waals surface area contributed by atoms with E-state index in [4.69, 9.17) is 0 Å². The summed E-state index contributed by atoms with van der Waals surface area (Å²) in [6.45, 7) is 6.45. The predicted octanol–water partition coefficient (Wildman–Crippen LogP) is 3.29. The molecule has 0 N–H and O–H groups in total. The van der Waals surface area contributed by atoms with Gasteiger partial charge in [0.1, 0.15) is 0 Å². The molecule has 64 valence electrons. The quantitative estimate of drug-likeness (QED) is 0.648. The molecule has 0 atom stereocenters. The molecule has 0 aliphatic rings. The summed E-state index contributed by atoms with van der Waals surface area (Å²) in [4.78, 5) is 4.29. The zero-order chi connectivity index (χ0) is 8.97. The SMILES string of the molecule is CC/C(C)=C(\C)c1ccccn1. The van der Waals surface area contributed by atoms with Crippen molar-refractivity contribution in [2.45, 2.75) is 27.2 Å². The Morgan fingerprint density at radius 3 is 2.58 bits per heavy atom. The molecule has 0 saturated carbocycles. The third-order valence-corrected chi connectivity index (χ3v) is 2.22. The molecule has 1 nitrogen and oxygen atoms in total. The fourth-order valence-corrected chi connectivity index (χ4v) is 1.07. The molecule has 1 heteroatoms. The second-order valence-corrected chi connectivity index (χ2v) is 2.97. The number of pyridine rings is 1. The van der Waals surface area contributed by atoms with Crippen LogP contribution < -0.4 is 0 Å². The summed E-state index contributed by atoms with van der Waals surface area (Å²) < 4.78 is 0.